The number of hydrogen-bond acceptors (Lipinski definition) is 4. The smallest absolute Gasteiger partial charge is 0.433 e. The number of rotatable bonds is 3. The number of aromatic amines is 1. The summed E-state index contributed by atoms with van der Waals surface area (Å²) in [5.74, 6) is -1.21. The maximum Gasteiger partial charge on any atom is 0.433 e. The number of hydrogen-bond donors (Lipinski definition) is 2. The molecule has 0 saturated heterocycles. The van der Waals surface area contributed by atoms with E-state index in [0.29, 0.717) is 17.2 Å². The minimum absolute atomic E-state index is 0.0856. The third-order valence-electron chi connectivity index (χ3n) is 2.70. The van der Waals surface area contributed by atoms with E-state index in [4.69, 9.17) is 0 Å². The molecule has 2 aromatic rings. The van der Waals surface area contributed by atoms with Gasteiger partial charge in [0.1, 0.15) is 0 Å². The molecule has 0 aliphatic heterocycles. The highest BCUT2D eigenvalue weighted by atomic mass is 32.2. The molecule has 0 unspecified atom stereocenters. The number of H-pyrrole nitrogens is 1. The fraction of sp³-hybridized carbons (Fsp3) is 0.231. The largest absolute Gasteiger partial charge is 0.505 e. The number of alkyl halides is 3. The maximum absolute atomic E-state index is 13.4. The molecular formula is C13H10F4N2O2S. The molecule has 1 aromatic heterocycles. The van der Waals surface area contributed by atoms with Gasteiger partial charge in [-0.25, -0.2) is 9.37 Å². The van der Waals surface area contributed by atoms with Crippen molar-refractivity contribution < 1.29 is 22.7 Å². The average Bonchev–Trinajstić information content (AvgIpc) is 2.41. The van der Waals surface area contributed by atoms with Gasteiger partial charge in [0.15, 0.2) is 22.4 Å². The van der Waals surface area contributed by atoms with E-state index >= 15 is 0 Å². The number of halogens is 4. The van der Waals surface area contributed by atoms with Crippen molar-refractivity contribution in [2.45, 2.75) is 24.0 Å². The zero-order valence-corrected chi connectivity index (χ0v) is 12.0. The molecule has 0 spiro atoms. The van der Waals surface area contributed by atoms with Gasteiger partial charge in [0, 0.05) is 11.8 Å². The van der Waals surface area contributed by atoms with Crippen LogP contribution in [0.2, 0.25) is 0 Å². The van der Waals surface area contributed by atoms with E-state index in [1.165, 1.54) is 13.0 Å². The molecule has 1 heterocycles. The number of nitrogens with zero attached hydrogens (tertiary/aromatic N) is 1. The zero-order chi connectivity index (χ0) is 16.5. The van der Waals surface area contributed by atoms with E-state index in [-0.39, 0.29) is 10.9 Å². The van der Waals surface area contributed by atoms with Crippen LogP contribution >= 0.6 is 11.8 Å². The highest BCUT2D eigenvalue weighted by molar-refractivity contribution is 7.98. The Bertz CT molecular complexity index is 735. The van der Waals surface area contributed by atoms with Gasteiger partial charge in [-0.15, -0.1) is 0 Å². The van der Waals surface area contributed by atoms with Crippen molar-refractivity contribution in [2.24, 2.45) is 0 Å². The van der Waals surface area contributed by atoms with Crippen LogP contribution in [0, 0.1) is 12.7 Å². The van der Waals surface area contributed by atoms with Crippen LogP contribution in [-0.2, 0) is 11.9 Å². The number of phenolic OH excluding ortho intramolecular Hbond substituents is 1. The predicted octanol–water partition coefficient (Wildman–Crippen LogP) is 3.23. The van der Waals surface area contributed by atoms with Gasteiger partial charge >= 0.3 is 6.18 Å². The first kappa shape index (κ1) is 16.3. The zero-order valence-electron chi connectivity index (χ0n) is 11.2. The SMILES string of the molecule is Cc1cc(CSc2nc(C(F)(F)F)cc(=O)[nH]2)cc(F)c1O. The third-order valence-corrected chi connectivity index (χ3v) is 3.64. The lowest BCUT2D eigenvalue weighted by Gasteiger charge is -2.08. The van der Waals surface area contributed by atoms with Gasteiger partial charge in [-0.2, -0.15) is 13.2 Å². The molecule has 0 aliphatic carbocycles. The van der Waals surface area contributed by atoms with Crippen LogP contribution in [0.4, 0.5) is 17.6 Å². The topological polar surface area (TPSA) is 66.0 Å². The Labute approximate surface area is 126 Å². The number of aromatic nitrogens is 2. The average molecular weight is 334 g/mol. The lowest BCUT2D eigenvalue weighted by Crippen LogP contribution is -2.16. The number of aryl methyl sites for hydroxylation is 1. The van der Waals surface area contributed by atoms with Gasteiger partial charge in [-0.05, 0) is 24.1 Å². The van der Waals surface area contributed by atoms with Crippen LogP contribution in [0.5, 0.6) is 5.75 Å². The first-order valence-electron chi connectivity index (χ1n) is 5.96. The van der Waals surface area contributed by atoms with Gasteiger partial charge in [-0.1, -0.05) is 17.8 Å². The third kappa shape index (κ3) is 3.79. The van der Waals surface area contributed by atoms with Crippen LogP contribution in [-0.4, -0.2) is 15.1 Å². The Hall–Kier alpha value is -2.03. The van der Waals surface area contributed by atoms with Crippen LogP contribution < -0.4 is 5.56 Å². The summed E-state index contributed by atoms with van der Waals surface area (Å²) in [6, 6.07) is 2.94. The first-order valence-corrected chi connectivity index (χ1v) is 6.94. The van der Waals surface area contributed by atoms with Crippen molar-refractivity contribution in [3.05, 3.63) is 51.2 Å². The number of phenols is 1. The van der Waals surface area contributed by atoms with E-state index < -0.39 is 29.0 Å². The van der Waals surface area contributed by atoms with Crippen LogP contribution in [0.1, 0.15) is 16.8 Å². The number of benzene rings is 1. The Kier molecular flexibility index (Phi) is 4.45. The maximum atomic E-state index is 13.4. The van der Waals surface area contributed by atoms with Crippen molar-refractivity contribution in [1.82, 2.24) is 9.97 Å². The predicted molar refractivity (Wildman–Crippen MR) is 72.2 cm³/mol. The summed E-state index contributed by atoms with van der Waals surface area (Å²) in [4.78, 5) is 16.7. The van der Waals surface area contributed by atoms with Crippen LogP contribution in [0.15, 0.2) is 28.2 Å². The minimum Gasteiger partial charge on any atom is -0.505 e. The Morgan fingerprint density at radius 2 is 2.00 bits per heavy atom. The molecule has 118 valence electrons. The Balaban J connectivity index is 2.22. The van der Waals surface area contributed by atoms with Crippen LogP contribution in [0.25, 0.3) is 0 Å². The summed E-state index contributed by atoms with van der Waals surface area (Å²) in [5.41, 5.74) is -1.45. The molecule has 0 radical (unpaired) electrons. The fourth-order valence-corrected chi connectivity index (χ4v) is 2.50. The number of nitrogens with one attached hydrogen (secondary N) is 1. The van der Waals surface area contributed by atoms with Gasteiger partial charge in [0.2, 0.25) is 0 Å². The summed E-state index contributed by atoms with van der Waals surface area (Å²) in [6.07, 6.45) is -4.72. The van der Waals surface area contributed by atoms with Crippen molar-refractivity contribution >= 4 is 11.8 Å². The quantitative estimate of drug-likeness (QED) is 0.514. The monoisotopic (exact) mass is 334 g/mol. The minimum atomic E-state index is -4.72. The molecule has 2 rings (SSSR count). The molecular weight excluding hydrogens is 324 g/mol. The van der Waals surface area contributed by atoms with Crippen molar-refractivity contribution in [3.63, 3.8) is 0 Å². The number of thioether (sulfide) groups is 1. The fourth-order valence-electron chi connectivity index (χ4n) is 1.69. The molecule has 0 fully saturated rings. The highest BCUT2D eigenvalue weighted by Crippen LogP contribution is 2.29. The molecule has 0 bridgehead atoms. The summed E-state index contributed by atoms with van der Waals surface area (Å²) in [7, 11) is 0. The summed E-state index contributed by atoms with van der Waals surface area (Å²) < 4.78 is 51.0. The van der Waals surface area contributed by atoms with Gasteiger partial charge in [-0.3, -0.25) is 4.79 Å². The molecule has 1 aromatic carbocycles. The van der Waals surface area contributed by atoms with E-state index in [1.54, 1.807) is 0 Å². The molecule has 9 heteroatoms. The highest BCUT2D eigenvalue weighted by Gasteiger charge is 2.33. The molecule has 0 saturated carbocycles. The molecule has 0 aliphatic rings. The lowest BCUT2D eigenvalue weighted by molar-refractivity contribution is -0.141. The molecule has 2 N–H and O–H groups in total. The summed E-state index contributed by atoms with van der Waals surface area (Å²) >= 11 is 0.826. The standard InChI is InChI=1S/C13H10F4N2O2S/c1-6-2-7(3-8(14)11(6)21)5-22-12-18-9(13(15,16)17)4-10(20)19-12/h2-4,21H,5H2,1H3,(H,18,19,20). The second kappa shape index (κ2) is 5.99. The molecule has 4 nitrogen and oxygen atoms in total. The van der Waals surface area contributed by atoms with Crippen molar-refractivity contribution in [2.75, 3.05) is 0 Å². The number of aromatic hydroxyl groups is 1. The van der Waals surface area contributed by atoms with E-state index in [9.17, 15) is 27.5 Å². The first-order chi connectivity index (χ1) is 10.2. The van der Waals surface area contributed by atoms with Crippen molar-refractivity contribution in [1.29, 1.82) is 0 Å². The molecule has 22 heavy (non-hydrogen) atoms. The summed E-state index contributed by atoms with van der Waals surface area (Å²) in [6.45, 7) is 1.50. The lowest BCUT2D eigenvalue weighted by atomic mass is 10.1. The Morgan fingerprint density at radius 3 is 2.59 bits per heavy atom. The van der Waals surface area contributed by atoms with Crippen molar-refractivity contribution in [3.8, 4) is 5.75 Å². The normalized spacial score (nSPS) is 11.7. The van der Waals surface area contributed by atoms with E-state index in [0.717, 1.165) is 17.8 Å². The summed E-state index contributed by atoms with van der Waals surface area (Å²) in [5, 5.41) is 9.09. The van der Waals surface area contributed by atoms with Crippen LogP contribution in [0.3, 0.4) is 0 Å². The molecule has 0 atom stereocenters. The van der Waals surface area contributed by atoms with E-state index in [2.05, 4.69) is 9.97 Å². The van der Waals surface area contributed by atoms with Gasteiger partial charge < -0.3 is 10.1 Å². The Morgan fingerprint density at radius 1 is 1.32 bits per heavy atom. The second-order valence-corrected chi connectivity index (χ2v) is 5.43. The van der Waals surface area contributed by atoms with E-state index in [1.807, 2.05) is 0 Å². The second-order valence-electron chi connectivity index (χ2n) is 4.47. The van der Waals surface area contributed by atoms with Gasteiger partial charge in [0.25, 0.3) is 5.56 Å². The van der Waals surface area contributed by atoms with Gasteiger partial charge in [0.05, 0.1) is 0 Å². The molecule has 0 amide bonds.